The minimum absolute atomic E-state index is 0.218. The molecule has 7 nitrogen and oxygen atoms in total. The highest BCUT2D eigenvalue weighted by Crippen LogP contribution is 2.23. The van der Waals surface area contributed by atoms with Gasteiger partial charge in [-0.25, -0.2) is 0 Å². The maximum Gasteiger partial charge on any atom is 0.276 e. The van der Waals surface area contributed by atoms with E-state index in [0.717, 1.165) is 10.6 Å². The summed E-state index contributed by atoms with van der Waals surface area (Å²) in [6.45, 7) is 3.73. The van der Waals surface area contributed by atoms with E-state index in [1.165, 1.54) is 16.2 Å². The molecule has 0 saturated carbocycles. The predicted octanol–water partition coefficient (Wildman–Crippen LogP) is 3.00. The maximum atomic E-state index is 12.4. The Bertz CT molecular complexity index is 910. The standard InChI is InChI=1S/C17H17N5O2S/c1-10-15(11(2)25-21-10)19-17(24)13-9-14(22(3)20-13)18-16(23)12-7-5-4-6-8-12/h4-9H,1-3H3,(H,18,23)(H,19,24). The van der Waals surface area contributed by atoms with Gasteiger partial charge in [-0.3, -0.25) is 14.3 Å². The number of anilines is 2. The highest BCUT2D eigenvalue weighted by Gasteiger charge is 2.17. The van der Waals surface area contributed by atoms with Crippen LogP contribution in [0.3, 0.4) is 0 Å². The molecule has 1 aromatic carbocycles. The van der Waals surface area contributed by atoms with Crippen LogP contribution < -0.4 is 10.6 Å². The molecule has 0 saturated heterocycles. The predicted molar refractivity (Wildman–Crippen MR) is 97.1 cm³/mol. The van der Waals surface area contributed by atoms with Gasteiger partial charge in [0.05, 0.1) is 11.4 Å². The van der Waals surface area contributed by atoms with Crippen LogP contribution in [0, 0.1) is 13.8 Å². The molecule has 8 heteroatoms. The monoisotopic (exact) mass is 355 g/mol. The van der Waals surface area contributed by atoms with Crippen LogP contribution in [0.15, 0.2) is 36.4 Å². The lowest BCUT2D eigenvalue weighted by Crippen LogP contribution is -2.14. The van der Waals surface area contributed by atoms with Gasteiger partial charge in [0.15, 0.2) is 5.69 Å². The number of aryl methyl sites for hydroxylation is 3. The number of hydrogen-bond acceptors (Lipinski definition) is 5. The normalized spacial score (nSPS) is 10.5. The molecule has 0 aliphatic carbocycles. The molecular formula is C17H17N5O2S. The van der Waals surface area contributed by atoms with Crippen molar-refractivity contribution in [3.8, 4) is 0 Å². The van der Waals surface area contributed by atoms with Gasteiger partial charge in [0.2, 0.25) is 0 Å². The van der Waals surface area contributed by atoms with E-state index < -0.39 is 0 Å². The third-order valence-electron chi connectivity index (χ3n) is 3.66. The largest absolute Gasteiger partial charge is 0.318 e. The summed E-state index contributed by atoms with van der Waals surface area (Å²) in [6.07, 6.45) is 0. The number of hydrogen-bond donors (Lipinski definition) is 2. The maximum absolute atomic E-state index is 12.4. The van der Waals surface area contributed by atoms with Gasteiger partial charge in [-0.2, -0.15) is 9.47 Å². The third kappa shape index (κ3) is 3.58. The van der Waals surface area contributed by atoms with Crippen molar-refractivity contribution in [1.82, 2.24) is 14.2 Å². The SMILES string of the molecule is Cc1nsc(C)c1NC(=O)c1cc(NC(=O)c2ccccc2)n(C)n1. The van der Waals surface area contributed by atoms with Crippen molar-refractivity contribution in [2.75, 3.05) is 10.6 Å². The number of aromatic nitrogens is 3. The summed E-state index contributed by atoms with van der Waals surface area (Å²) in [7, 11) is 1.67. The molecule has 0 bridgehead atoms. The first-order chi connectivity index (χ1) is 12.0. The highest BCUT2D eigenvalue weighted by atomic mass is 32.1. The van der Waals surface area contributed by atoms with Gasteiger partial charge in [0, 0.05) is 23.6 Å². The molecule has 0 unspecified atom stereocenters. The van der Waals surface area contributed by atoms with Gasteiger partial charge < -0.3 is 10.6 Å². The average Bonchev–Trinajstić information content (AvgIpc) is 3.12. The van der Waals surface area contributed by atoms with Gasteiger partial charge in [0.25, 0.3) is 11.8 Å². The van der Waals surface area contributed by atoms with Crippen molar-refractivity contribution in [1.29, 1.82) is 0 Å². The Morgan fingerprint density at radius 1 is 1.08 bits per heavy atom. The van der Waals surface area contributed by atoms with E-state index in [2.05, 4.69) is 20.1 Å². The molecule has 0 radical (unpaired) electrons. The second kappa shape index (κ2) is 6.86. The number of rotatable bonds is 4. The Balaban J connectivity index is 1.76. The van der Waals surface area contributed by atoms with Gasteiger partial charge >= 0.3 is 0 Å². The summed E-state index contributed by atoms with van der Waals surface area (Å²) >= 11 is 1.34. The molecule has 0 fully saturated rings. The van der Waals surface area contributed by atoms with Crippen LogP contribution in [0.2, 0.25) is 0 Å². The van der Waals surface area contributed by atoms with E-state index in [4.69, 9.17) is 0 Å². The molecule has 25 heavy (non-hydrogen) atoms. The Morgan fingerprint density at radius 3 is 2.44 bits per heavy atom. The molecule has 3 aromatic rings. The molecule has 128 valence electrons. The number of benzene rings is 1. The molecule has 2 amide bonds. The molecule has 0 aliphatic heterocycles. The lowest BCUT2D eigenvalue weighted by atomic mass is 10.2. The van der Waals surface area contributed by atoms with Crippen LogP contribution in [-0.4, -0.2) is 26.0 Å². The second-order valence-corrected chi connectivity index (χ2v) is 6.49. The lowest BCUT2D eigenvalue weighted by Gasteiger charge is -2.04. The highest BCUT2D eigenvalue weighted by molar-refractivity contribution is 7.06. The number of nitrogens with one attached hydrogen (secondary N) is 2. The Labute approximate surface area is 148 Å². The van der Waals surface area contributed by atoms with Gasteiger partial charge in [-0.05, 0) is 37.5 Å². The molecule has 0 atom stereocenters. The number of nitrogens with zero attached hydrogens (tertiary/aromatic N) is 3. The Hall–Kier alpha value is -3.00. The van der Waals surface area contributed by atoms with Crippen LogP contribution >= 0.6 is 11.5 Å². The fourth-order valence-electron chi connectivity index (χ4n) is 2.31. The summed E-state index contributed by atoms with van der Waals surface area (Å²) in [4.78, 5) is 25.6. The van der Waals surface area contributed by atoms with Crippen LogP contribution in [0.4, 0.5) is 11.5 Å². The fraction of sp³-hybridized carbons (Fsp3) is 0.176. The Morgan fingerprint density at radius 2 is 1.80 bits per heavy atom. The molecular weight excluding hydrogens is 338 g/mol. The minimum atomic E-state index is -0.345. The van der Waals surface area contributed by atoms with E-state index in [9.17, 15) is 9.59 Å². The zero-order chi connectivity index (χ0) is 18.0. The number of carbonyl (C=O) groups excluding carboxylic acids is 2. The fourth-order valence-corrected chi connectivity index (χ4v) is 2.97. The van der Waals surface area contributed by atoms with Gasteiger partial charge in [-0.1, -0.05) is 18.2 Å². The van der Waals surface area contributed by atoms with E-state index in [-0.39, 0.29) is 17.5 Å². The van der Waals surface area contributed by atoms with Crippen molar-refractivity contribution >= 4 is 34.9 Å². The van der Waals surface area contributed by atoms with Crippen molar-refractivity contribution in [2.24, 2.45) is 7.05 Å². The van der Waals surface area contributed by atoms with E-state index in [1.807, 2.05) is 19.9 Å². The van der Waals surface area contributed by atoms with Crippen LogP contribution in [-0.2, 0) is 7.05 Å². The topological polar surface area (TPSA) is 88.9 Å². The van der Waals surface area contributed by atoms with Crippen molar-refractivity contribution in [2.45, 2.75) is 13.8 Å². The molecule has 2 N–H and O–H groups in total. The zero-order valence-electron chi connectivity index (χ0n) is 14.0. The van der Waals surface area contributed by atoms with Crippen LogP contribution in [0.1, 0.15) is 31.4 Å². The average molecular weight is 355 g/mol. The summed E-state index contributed by atoms with van der Waals surface area (Å²) in [5, 5.41) is 9.75. The van der Waals surface area contributed by atoms with Crippen LogP contribution in [0.25, 0.3) is 0 Å². The quantitative estimate of drug-likeness (QED) is 0.753. The first-order valence-electron chi connectivity index (χ1n) is 7.60. The first kappa shape index (κ1) is 16.8. The Kier molecular flexibility index (Phi) is 4.62. The third-order valence-corrected chi connectivity index (χ3v) is 4.51. The first-order valence-corrected chi connectivity index (χ1v) is 8.37. The van der Waals surface area contributed by atoms with Crippen molar-refractivity contribution in [3.05, 3.63) is 58.2 Å². The van der Waals surface area contributed by atoms with Crippen molar-refractivity contribution in [3.63, 3.8) is 0 Å². The van der Waals surface area contributed by atoms with E-state index in [1.54, 1.807) is 37.4 Å². The molecule has 3 rings (SSSR count). The lowest BCUT2D eigenvalue weighted by molar-refractivity contribution is 0.101. The smallest absolute Gasteiger partial charge is 0.276 e. The number of amides is 2. The zero-order valence-corrected chi connectivity index (χ0v) is 14.8. The summed E-state index contributed by atoms with van der Waals surface area (Å²) < 4.78 is 5.66. The van der Waals surface area contributed by atoms with E-state index in [0.29, 0.717) is 17.1 Å². The molecule has 0 aliphatic rings. The summed E-state index contributed by atoms with van der Waals surface area (Å²) in [5.74, 6) is -0.164. The molecule has 0 spiro atoms. The van der Waals surface area contributed by atoms with E-state index >= 15 is 0 Å². The molecule has 2 aromatic heterocycles. The number of carbonyl (C=O) groups is 2. The molecule has 2 heterocycles. The van der Waals surface area contributed by atoms with Gasteiger partial charge in [0.1, 0.15) is 5.82 Å². The minimum Gasteiger partial charge on any atom is -0.318 e. The van der Waals surface area contributed by atoms with Crippen molar-refractivity contribution < 1.29 is 9.59 Å². The van der Waals surface area contributed by atoms with Crippen LogP contribution in [0.5, 0.6) is 0 Å². The summed E-state index contributed by atoms with van der Waals surface area (Å²) in [6, 6.07) is 10.4. The second-order valence-electron chi connectivity index (χ2n) is 5.51. The van der Waals surface area contributed by atoms with Gasteiger partial charge in [-0.15, -0.1) is 0 Å². The summed E-state index contributed by atoms with van der Waals surface area (Å²) in [5.41, 5.74) is 2.22.